The average Bonchev–Trinajstić information content (AvgIpc) is 2.81. The Morgan fingerprint density at radius 1 is 0.871 bits per heavy atom. The zero-order valence-electron chi connectivity index (χ0n) is 18.4. The third-order valence-corrected chi connectivity index (χ3v) is 7.34. The highest BCUT2D eigenvalue weighted by molar-refractivity contribution is 6.30. The van der Waals surface area contributed by atoms with Crippen LogP contribution in [-0.4, -0.2) is 0 Å². The third kappa shape index (κ3) is 5.98. The first kappa shape index (κ1) is 22.1. The zero-order chi connectivity index (χ0) is 21.6. The Kier molecular flexibility index (Phi) is 7.45. The first-order valence-corrected chi connectivity index (χ1v) is 12.0. The van der Waals surface area contributed by atoms with Gasteiger partial charge in [-0.1, -0.05) is 79.2 Å². The van der Waals surface area contributed by atoms with E-state index in [2.05, 4.69) is 61.5 Å². The molecule has 1 aliphatic rings. The first-order chi connectivity index (χ1) is 15.1. The van der Waals surface area contributed by atoms with Crippen LogP contribution in [0.5, 0.6) is 0 Å². The highest BCUT2D eigenvalue weighted by Gasteiger charge is 2.22. The molecule has 0 unspecified atom stereocenters. The van der Waals surface area contributed by atoms with Gasteiger partial charge in [-0.2, -0.15) is 0 Å². The second kappa shape index (κ2) is 10.5. The van der Waals surface area contributed by atoms with Gasteiger partial charge in [-0.15, -0.1) is 0 Å². The molecule has 1 atom stereocenters. The lowest BCUT2D eigenvalue weighted by atomic mass is 9.76. The van der Waals surface area contributed by atoms with Gasteiger partial charge in [-0.3, -0.25) is 0 Å². The predicted molar refractivity (Wildman–Crippen MR) is 129 cm³/mol. The molecule has 1 saturated carbocycles. The van der Waals surface area contributed by atoms with Gasteiger partial charge in [0, 0.05) is 0 Å². The molecule has 0 saturated heterocycles. The fourth-order valence-corrected chi connectivity index (χ4v) is 5.15. The average molecular weight is 435 g/mol. The van der Waals surface area contributed by atoms with Gasteiger partial charge in [0.2, 0.25) is 0 Å². The highest BCUT2D eigenvalue weighted by atomic mass is 35.5. The lowest BCUT2D eigenvalue weighted by Crippen LogP contribution is -2.14. The monoisotopic (exact) mass is 434 g/mol. The van der Waals surface area contributed by atoms with Crippen LogP contribution >= 0.6 is 11.6 Å². The SMILES string of the molecule is C[C@@H](Cc1ccc(C2CCC(CCc3ccc(Cl)c(F)c3)CC2)cc1)c1ccccc1. The van der Waals surface area contributed by atoms with Crippen molar-refractivity contribution < 1.29 is 4.39 Å². The maximum Gasteiger partial charge on any atom is 0.142 e. The molecule has 31 heavy (non-hydrogen) atoms. The van der Waals surface area contributed by atoms with Crippen molar-refractivity contribution in [2.45, 2.75) is 63.7 Å². The molecular formula is C29H32ClF. The summed E-state index contributed by atoms with van der Waals surface area (Å²) in [5, 5.41) is 0.213. The van der Waals surface area contributed by atoms with Gasteiger partial charge in [0.05, 0.1) is 5.02 Å². The second-order valence-corrected chi connectivity index (χ2v) is 9.67. The molecule has 0 aromatic heterocycles. The van der Waals surface area contributed by atoms with Crippen LogP contribution in [0, 0.1) is 11.7 Å². The minimum Gasteiger partial charge on any atom is -0.205 e. The fraction of sp³-hybridized carbons (Fsp3) is 0.379. The van der Waals surface area contributed by atoms with Gasteiger partial charge < -0.3 is 0 Å². The number of halogens is 2. The first-order valence-electron chi connectivity index (χ1n) is 11.7. The summed E-state index contributed by atoms with van der Waals surface area (Å²) >= 11 is 5.79. The quantitative estimate of drug-likeness (QED) is 0.348. The van der Waals surface area contributed by atoms with Crippen molar-refractivity contribution in [2.24, 2.45) is 5.92 Å². The van der Waals surface area contributed by atoms with Gasteiger partial charge in [-0.25, -0.2) is 4.39 Å². The minimum atomic E-state index is -0.301. The van der Waals surface area contributed by atoms with Gasteiger partial charge >= 0.3 is 0 Å². The maximum atomic E-state index is 13.6. The molecule has 0 nitrogen and oxygen atoms in total. The van der Waals surface area contributed by atoms with Crippen LogP contribution in [-0.2, 0) is 12.8 Å². The van der Waals surface area contributed by atoms with E-state index in [1.54, 1.807) is 12.1 Å². The molecule has 3 aromatic rings. The van der Waals surface area contributed by atoms with Crippen molar-refractivity contribution in [3.63, 3.8) is 0 Å². The summed E-state index contributed by atoms with van der Waals surface area (Å²) in [5.41, 5.74) is 5.38. The largest absolute Gasteiger partial charge is 0.205 e. The lowest BCUT2D eigenvalue weighted by molar-refractivity contribution is 0.310. The van der Waals surface area contributed by atoms with Crippen molar-refractivity contribution >= 4 is 11.6 Å². The smallest absolute Gasteiger partial charge is 0.142 e. The summed E-state index contributed by atoms with van der Waals surface area (Å²) in [6, 6.07) is 25.4. The predicted octanol–water partition coefficient (Wildman–Crippen LogP) is 8.73. The molecule has 4 rings (SSSR count). The van der Waals surface area contributed by atoms with Crippen molar-refractivity contribution in [3.8, 4) is 0 Å². The van der Waals surface area contributed by atoms with E-state index in [0.717, 1.165) is 30.7 Å². The Morgan fingerprint density at radius 2 is 1.55 bits per heavy atom. The Hall–Kier alpha value is -2.12. The van der Waals surface area contributed by atoms with Crippen molar-refractivity contribution in [3.05, 3.63) is 106 Å². The van der Waals surface area contributed by atoms with Crippen molar-refractivity contribution in [1.29, 1.82) is 0 Å². The fourth-order valence-electron chi connectivity index (χ4n) is 5.03. The van der Waals surface area contributed by atoms with Crippen molar-refractivity contribution in [2.75, 3.05) is 0 Å². The van der Waals surface area contributed by atoms with E-state index in [-0.39, 0.29) is 10.8 Å². The summed E-state index contributed by atoms with van der Waals surface area (Å²) in [6.07, 6.45) is 8.24. The highest BCUT2D eigenvalue weighted by Crippen LogP contribution is 2.38. The lowest BCUT2D eigenvalue weighted by Gasteiger charge is -2.29. The number of aryl methyl sites for hydroxylation is 1. The van der Waals surface area contributed by atoms with Crippen LogP contribution in [0.2, 0.25) is 5.02 Å². The normalized spacial score (nSPS) is 19.8. The number of rotatable bonds is 7. The molecule has 1 aliphatic carbocycles. The Balaban J connectivity index is 1.25. The van der Waals surface area contributed by atoms with Gasteiger partial charge in [0.25, 0.3) is 0 Å². The van der Waals surface area contributed by atoms with E-state index in [4.69, 9.17) is 11.6 Å². The summed E-state index contributed by atoms with van der Waals surface area (Å²) < 4.78 is 13.6. The standard InChI is InChI=1S/C29H32ClF/c1-21(25-5-3-2-4-6-25)19-23-11-16-27(17-12-23)26-14-9-22(10-15-26)7-8-24-13-18-28(30)29(31)20-24/h2-6,11-13,16-18,20-22,26H,7-10,14-15,19H2,1H3/t21-,22?,26?/m0/s1. The molecule has 0 N–H and O–H groups in total. The summed E-state index contributed by atoms with van der Waals surface area (Å²) in [4.78, 5) is 0. The molecule has 0 amide bonds. The summed E-state index contributed by atoms with van der Waals surface area (Å²) in [5.74, 6) is 1.67. The molecule has 0 aliphatic heterocycles. The summed E-state index contributed by atoms with van der Waals surface area (Å²) in [6.45, 7) is 2.31. The van der Waals surface area contributed by atoms with Gasteiger partial charge in [0.15, 0.2) is 0 Å². The van der Waals surface area contributed by atoms with Crippen LogP contribution in [0.25, 0.3) is 0 Å². The second-order valence-electron chi connectivity index (χ2n) is 9.26. The van der Waals surface area contributed by atoms with E-state index < -0.39 is 0 Å². The van der Waals surface area contributed by atoms with Gasteiger partial charge in [-0.05, 0) is 97.1 Å². The molecule has 162 valence electrons. The third-order valence-electron chi connectivity index (χ3n) is 7.03. The van der Waals surface area contributed by atoms with E-state index >= 15 is 0 Å². The Bertz CT molecular complexity index is 956. The van der Waals surface area contributed by atoms with Gasteiger partial charge in [0.1, 0.15) is 5.82 Å². The molecule has 0 radical (unpaired) electrons. The van der Waals surface area contributed by atoms with E-state index in [1.165, 1.54) is 42.4 Å². The van der Waals surface area contributed by atoms with Crippen molar-refractivity contribution in [1.82, 2.24) is 0 Å². The Labute approximate surface area is 191 Å². The molecule has 0 spiro atoms. The molecule has 0 bridgehead atoms. The van der Waals surface area contributed by atoms with E-state index in [9.17, 15) is 4.39 Å². The number of hydrogen-bond donors (Lipinski definition) is 0. The Morgan fingerprint density at radius 3 is 2.23 bits per heavy atom. The van der Waals surface area contributed by atoms with Crippen LogP contribution in [0.15, 0.2) is 72.8 Å². The number of benzene rings is 3. The molecule has 1 fully saturated rings. The molecular weight excluding hydrogens is 403 g/mol. The molecule has 0 heterocycles. The zero-order valence-corrected chi connectivity index (χ0v) is 19.1. The minimum absolute atomic E-state index is 0.213. The van der Waals surface area contributed by atoms with Crippen LogP contribution in [0.1, 0.15) is 73.1 Å². The maximum absolute atomic E-state index is 13.6. The summed E-state index contributed by atoms with van der Waals surface area (Å²) in [7, 11) is 0. The van der Waals surface area contributed by atoms with E-state index in [0.29, 0.717) is 11.8 Å². The van der Waals surface area contributed by atoms with Crippen LogP contribution < -0.4 is 0 Å². The molecule has 3 aromatic carbocycles. The van der Waals surface area contributed by atoms with Crippen LogP contribution in [0.4, 0.5) is 4.39 Å². The topological polar surface area (TPSA) is 0 Å². The van der Waals surface area contributed by atoms with Crippen LogP contribution in [0.3, 0.4) is 0 Å². The number of hydrogen-bond acceptors (Lipinski definition) is 0. The van der Waals surface area contributed by atoms with E-state index in [1.807, 2.05) is 6.07 Å². The molecule has 2 heteroatoms.